The summed E-state index contributed by atoms with van der Waals surface area (Å²) in [5, 5.41) is 17.0. The number of aromatic nitrogens is 2. The predicted molar refractivity (Wildman–Crippen MR) is 69.3 cm³/mol. The molecule has 0 unspecified atom stereocenters. The molecule has 1 aromatic heterocycles. The minimum atomic E-state index is -0.657. The summed E-state index contributed by atoms with van der Waals surface area (Å²) < 4.78 is 1.68. The second-order valence-electron chi connectivity index (χ2n) is 4.99. The molecule has 0 atom stereocenters. The molecule has 1 heterocycles. The van der Waals surface area contributed by atoms with E-state index in [9.17, 15) is 4.79 Å². The number of carbonyl (C=O) groups is 1. The Morgan fingerprint density at radius 1 is 1.44 bits per heavy atom. The second kappa shape index (κ2) is 4.42. The third-order valence-corrected chi connectivity index (χ3v) is 2.82. The van der Waals surface area contributed by atoms with Crippen LogP contribution in [0.4, 0.5) is 0 Å². The van der Waals surface area contributed by atoms with E-state index >= 15 is 0 Å². The normalized spacial score (nSPS) is 11.8. The number of rotatable bonds is 3. The van der Waals surface area contributed by atoms with Crippen LogP contribution in [0.2, 0.25) is 0 Å². The molecule has 5 heteroatoms. The summed E-state index contributed by atoms with van der Waals surface area (Å²) in [6.45, 7) is 3.40. The van der Waals surface area contributed by atoms with E-state index in [2.05, 4.69) is 10.4 Å². The highest BCUT2D eigenvalue weighted by molar-refractivity contribution is 6.05. The quantitative estimate of drug-likeness (QED) is 0.852. The van der Waals surface area contributed by atoms with Gasteiger partial charge in [0.15, 0.2) is 5.69 Å². The number of nitrogens with zero attached hydrogens (tertiary/aromatic N) is 2. The minimum Gasteiger partial charge on any atom is -0.394 e. The molecule has 5 nitrogen and oxygen atoms in total. The van der Waals surface area contributed by atoms with Crippen molar-refractivity contribution in [2.45, 2.75) is 19.4 Å². The Morgan fingerprint density at radius 3 is 2.78 bits per heavy atom. The van der Waals surface area contributed by atoms with E-state index in [4.69, 9.17) is 5.11 Å². The Balaban J connectivity index is 2.40. The van der Waals surface area contributed by atoms with Crippen molar-refractivity contribution in [3.05, 3.63) is 30.0 Å². The molecule has 0 saturated heterocycles. The van der Waals surface area contributed by atoms with E-state index in [1.54, 1.807) is 25.6 Å². The number of nitrogens with one attached hydrogen (secondary N) is 1. The van der Waals surface area contributed by atoms with Crippen LogP contribution < -0.4 is 5.32 Å². The van der Waals surface area contributed by atoms with Crippen LogP contribution in [-0.4, -0.2) is 32.9 Å². The molecule has 1 aromatic carbocycles. The molecule has 0 saturated carbocycles. The van der Waals surface area contributed by atoms with Crippen LogP contribution in [-0.2, 0) is 7.05 Å². The molecule has 0 fully saturated rings. The highest BCUT2D eigenvalue weighted by atomic mass is 16.3. The number of carbonyl (C=O) groups excluding carboxylic acids is 1. The Hall–Kier alpha value is -1.88. The topological polar surface area (TPSA) is 67.2 Å². The second-order valence-corrected chi connectivity index (χ2v) is 4.99. The van der Waals surface area contributed by atoms with Crippen molar-refractivity contribution < 1.29 is 9.90 Å². The highest BCUT2D eigenvalue weighted by Gasteiger charge is 2.23. The molecule has 0 aliphatic rings. The van der Waals surface area contributed by atoms with Crippen molar-refractivity contribution in [3.8, 4) is 0 Å². The number of fused-ring (bicyclic) bond motifs is 1. The summed E-state index contributed by atoms with van der Waals surface area (Å²) in [5.74, 6) is -0.272. The lowest BCUT2D eigenvalue weighted by Crippen LogP contribution is -2.46. The molecule has 2 N–H and O–H groups in total. The summed E-state index contributed by atoms with van der Waals surface area (Å²) in [7, 11) is 1.80. The van der Waals surface area contributed by atoms with Gasteiger partial charge in [-0.25, -0.2) is 0 Å². The summed E-state index contributed by atoms with van der Waals surface area (Å²) in [6, 6.07) is 7.56. The van der Waals surface area contributed by atoms with Crippen LogP contribution in [0.25, 0.3) is 10.9 Å². The van der Waals surface area contributed by atoms with Gasteiger partial charge in [-0.3, -0.25) is 9.48 Å². The third kappa shape index (κ3) is 2.22. The van der Waals surface area contributed by atoms with Gasteiger partial charge in [0.2, 0.25) is 0 Å². The number of aliphatic hydroxyl groups is 1. The predicted octanol–water partition coefficient (Wildman–Crippen LogP) is 1.07. The van der Waals surface area contributed by atoms with Crippen LogP contribution in [0.1, 0.15) is 24.3 Å². The lowest BCUT2D eigenvalue weighted by atomic mass is 10.1. The Bertz CT molecular complexity index is 587. The standard InChI is InChI=1S/C13H17N3O2/c1-13(2,8-17)14-12(18)11-9-6-4-5-7-10(9)16(3)15-11/h4-7,17H,8H2,1-3H3,(H,14,18). The molecule has 0 aliphatic heterocycles. The Kier molecular flexibility index (Phi) is 3.09. The van der Waals surface area contributed by atoms with Gasteiger partial charge in [-0.1, -0.05) is 18.2 Å². The van der Waals surface area contributed by atoms with E-state index in [-0.39, 0.29) is 12.5 Å². The van der Waals surface area contributed by atoms with Crippen molar-refractivity contribution in [3.63, 3.8) is 0 Å². The summed E-state index contributed by atoms with van der Waals surface area (Å²) in [6.07, 6.45) is 0. The van der Waals surface area contributed by atoms with Crippen LogP contribution in [0.3, 0.4) is 0 Å². The first kappa shape index (κ1) is 12.6. The van der Waals surface area contributed by atoms with E-state index in [1.165, 1.54) is 0 Å². The first-order valence-electron chi connectivity index (χ1n) is 5.80. The lowest BCUT2D eigenvalue weighted by molar-refractivity contribution is 0.0865. The number of aryl methyl sites for hydroxylation is 1. The van der Waals surface area contributed by atoms with Gasteiger partial charge in [-0.15, -0.1) is 0 Å². The minimum absolute atomic E-state index is 0.122. The SMILES string of the molecule is Cn1nc(C(=O)NC(C)(C)CO)c2ccccc21. The van der Waals surface area contributed by atoms with Crippen LogP contribution >= 0.6 is 0 Å². The third-order valence-electron chi connectivity index (χ3n) is 2.82. The smallest absolute Gasteiger partial charge is 0.272 e. The molecule has 1 amide bonds. The van der Waals surface area contributed by atoms with Crippen molar-refractivity contribution in [2.75, 3.05) is 6.61 Å². The van der Waals surface area contributed by atoms with Crippen LogP contribution in [0.15, 0.2) is 24.3 Å². The van der Waals surface area contributed by atoms with Crippen LogP contribution in [0.5, 0.6) is 0 Å². The van der Waals surface area contributed by atoms with Crippen molar-refractivity contribution in [2.24, 2.45) is 7.05 Å². The number of hydrogen-bond donors (Lipinski definition) is 2. The average molecular weight is 247 g/mol. The van der Waals surface area contributed by atoms with Crippen molar-refractivity contribution >= 4 is 16.8 Å². The number of benzene rings is 1. The van der Waals surface area contributed by atoms with Gasteiger partial charge in [0.25, 0.3) is 5.91 Å². The first-order chi connectivity index (χ1) is 8.44. The van der Waals surface area contributed by atoms with Crippen molar-refractivity contribution in [1.29, 1.82) is 0 Å². The van der Waals surface area contributed by atoms with E-state index in [0.717, 1.165) is 10.9 Å². The van der Waals surface area contributed by atoms with Crippen molar-refractivity contribution in [1.82, 2.24) is 15.1 Å². The molecule has 96 valence electrons. The molecule has 0 spiro atoms. The van der Waals surface area contributed by atoms with Gasteiger partial charge in [0.05, 0.1) is 17.7 Å². The molecule has 2 aromatic rings. The van der Waals surface area contributed by atoms with Gasteiger partial charge < -0.3 is 10.4 Å². The van der Waals surface area contributed by atoms with Gasteiger partial charge in [-0.2, -0.15) is 5.10 Å². The Morgan fingerprint density at radius 2 is 2.11 bits per heavy atom. The van der Waals surface area contributed by atoms with Gasteiger partial charge in [-0.05, 0) is 19.9 Å². The largest absolute Gasteiger partial charge is 0.394 e. The van der Waals surface area contributed by atoms with Crippen LogP contribution in [0, 0.1) is 0 Å². The highest BCUT2D eigenvalue weighted by Crippen LogP contribution is 2.17. The average Bonchev–Trinajstić information content (AvgIpc) is 2.67. The first-order valence-corrected chi connectivity index (χ1v) is 5.80. The summed E-state index contributed by atoms with van der Waals surface area (Å²) in [5.41, 5.74) is 0.634. The maximum Gasteiger partial charge on any atom is 0.272 e. The number of amides is 1. The van der Waals surface area contributed by atoms with Gasteiger partial charge >= 0.3 is 0 Å². The zero-order chi connectivity index (χ0) is 13.3. The number of para-hydroxylation sites is 1. The molecule has 2 rings (SSSR count). The summed E-state index contributed by atoms with van der Waals surface area (Å²) >= 11 is 0. The maximum atomic E-state index is 12.1. The number of hydrogen-bond acceptors (Lipinski definition) is 3. The van der Waals surface area contributed by atoms with E-state index in [0.29, 0.717) is 5.69 Å². The lowest BCUT2D eigenvalue weighted by Gasteiger charge is -2.22. The zero-order valence-electron chi connectivity index (χ0n) is 10.8. The number of aliphatic hydroxyl groups excluding tert-OH is 1. The van der Waals surface area contributed by atoms with Gasteiger partial charge in [0, 0.05) is 12.4 Å². The molecule has 0 radical (unpaired) electrons. The fourth-order valence-corrected chi connectivity index (χ4v) is 1.79. The molecule has 0 aliphatic carbocycles. The molecular weight excluding hydrogens is 230 g/mol. The summed E-state index contributed by atoms with van der Waals surface area (Å²) in [4.78, 5) is 12.1. The Labute approximate surface area is 105 Å². The molecular formula is C13H17N3O2. The molecule has 0 bridgehead atoms. The van der Waals surface area contributed by atoms with Gasteiger partial charge in [0.1, 0.15) is 0 Å². The van der Waals surface area contributed by atoms with E-state index in [1.807, 2.05) is 24.3 Å². The fourth-order valence-electron chi connectivity index (χ4n) is 1.79. The molecule has 18 heavy (non-hydrogen) atoms. The monoisotopic (exact) mass is 247 g/mol. The zero-order valence-corrected chi connectivity index (χ0v) is 10.8. The maximum absolute atomic E-state index is 12.1. The van der Waals surface area contributed by atoms with E-state index < -0.39 is 5.54 Å². The fraction of sp³-hybridized carbons (Fsp3) is 0.385.